The molecule has 0 atom stereocenters. The predicted octanol–water partition coefficient (Wildman–Crippen LogP) is 4.53. The van der Waals surface area contributed by atoms with Gasteiger partial charge < -0.3 is 24.1 Å². The van der Waals surface area contributed by atoms with Crippen LogP contribution in [0.3, 0.4) is 0 Å². The topological polar surface area (TPSA) is 51.4 Å². The van der Waals surface area contributed by atoms with Crippen molar-refractivity contribution in [1.82, 2.24) is 14.0 Å². The molecule has 6 nitrogen and oxygen atoms in total. The van der Waals surface area contributed by atoms with Gasteiger partial charge in [0.1, 0.15) is 11.4 Å². The Labute approximate surface area is 187 Å². The second kappa shape index (κ2) is 6.92. The maximum atomic E-state index is 13.5. The Morgan fingerprint density at radius 1 is 1.03 bits per heavy atom. The zero-order valence-corrected chi connectivity index (χ0v) is 18.3. The summed E-state index contributed by atoms with van der Waals surface area (Å²) in [7, 11) is 3.62. The molecule has 4 heterocycles. The monoisotopic (exact) mass is 426 g/mol. The maximum Gasteiger partial charge on any atom is 0.270 e. The van der Waals surface area contributed by atoms with Gasteiger partial charge in [0.15, 0.2) is 0 Å². The number of fused-ring (bicyclic) bond motifs is 5. The standard InChI is InChI=1S/C26H26N4O2/c1-28-20-9-5-10-23(32-2)18(20)17-22(28)25(31)29-15-12-26(13-16-29)24-11-6-14-30(24)21-8-4-3-7-19(21)27-26/h3-11,14,17,27H,12-13,15-16H2,1-2H3. The highest BCUT2D eigenvalue weighted by molar-refractivity contribution is 6.00. The van der Waals surface area contributed by atoms with Gasteiger partial charge in [-0.3, -0.25) is 4.79 Å². The van der Waals surface area contributed by atoms with Gasteiger partial charge in [0.2, 0.25) is 0 Å². The highest BCUT2D eigenvalue weighted by Crippen LogP contribution is 2.43. The molecule has 0 aliphatic carbocycles. The summed E-state index contributed by atoms with van der Waals surface area (Å²) in [5.74, 6) is 0.868. The molecule has 1 spiro atoms. The van der Waals surface area contributed by atoms with Gasteiger partial charge in [0.05, 0.1) is 29.5 Å². The van der Waals surface area contributed by atoms with Gasteiger partial charge in [-0.15, -0.1) is 0 Å². The van der Waals surface area contributed by atoms with Crippen LogP contribution in [-0.2, 0) is 12.6 Å². The third-order valence-electron chi connectivity index (χ3n) is 7.17. The van der Waals surface area contributed by atoms with E-state index in [2.05, 4.69) is 52.5 Å². The van der Waals surface area contributed by atoms with Crippen molar-refractivity contribution in [3.05, 3.63) is 78.2 Å². The predicted molar refractivity (Wildman–Crippen MR) is 126 cm³/mol. The molecule has 4 aromatic rings. The molecule has 2 aliphatic heterocycles. The van der Waals surface area contributed by atoms with Crippen LogP contribution in [0.2, 0.25) is 0 Å². The zero-order valence-electron chi connectivity index (χ0n) is 18.3. The number of benzene rings is 2. The second-order valence-electron chi connectivity index (χ2n) is 8.76. The van der Waals surface area contributed by atoms with Crippen molar-refractivity contribution in [3.63, 3.8) is 0 Å². The Bertz CT molecular complexity index is 1340. The van der Waals surface area contributed by atoms with Crippen LogP contribution in [0.15, 0.2) is 66.9 Å². The molecule has 6 rings (SSSR count). The number of aryl methyl sites for hydroxylation is 1. The van der Waals surface area contributed by atoms with Gasteiger partial charge in [0, 0.05) is 37.4 Å². The summed E-state index contributed by atoms with van der Waals surface area (Å²) in [4.78, 5) is 15.5. The molecule has 0 radical (unpaired) electrons. The quantitative estimate of drug-likeness (QED) is 0.512. The Kier molecular flexibility index (Phi) is 4.12. The number of ether oxygens (including phenoxy) is 1. The second-order valence-corrected chi connectivity index (χ2v) is 8.76. The number of methoxy groups -OCH3 is 1. The molecule has 2 aromatic heterocycles. The molecule has 1 saturated heterocycles. The van der Waals surface area contributed by atoms with Crippen LogP contribution >= 0.6 is 0 Å². The first-order chi connectivity index (χ1) is 15.6. The van der Waals surface area contributed by atoms with Gasteiger partial charge in [0.25, 0.3) is 5.91 Å². The number of piperidine rings is 1. The number of hydrogen-bond donors (Lipinski definition) is 1. The van der Waals surface area contributed by atoms with E-state index < -0.39 is 0 Å². The number of nitrogens with zero attached hydrogens (tertiary/aromatic N) is 3. The van der Waals surface area contributed by atoms with E-state index in [1.165, 1.54) is 11.4 Å². The van der Waals surface area contributed by atoms with Crippen LogP contribution in [-0.4, -0.2) is 40.1 Å². The number of para-hydroxylation sites is 2. The summed E-state index contributed by atoms with van der Waals surface area (Å²) in [5, 5.41) is 4.79. The fraction of sp³-hybridized carbons (Fsp3) is 0.269. The molecule has 1 N–H and O–H groups in total. The number of carbonyl (C=O) groups is 1. The number of aromatic nitrogens is 2. The molecule has 6 heteroatoms. The Morgan fingerprint density at radius 3 is 2.66 bits per heavy atom. The fourth-order valence-corrected chi connectivity index (χ4v) is 5.44. The average molecular weight is 427 g/mol. The molecule has 1 fully saturated rings. The summed E-state index contributed by atoms with van der Waals surface area (Å²) in [5.41, 5.74) is 5.15. The normalized spacial score (nSPS) is 16.5. The van der Waals surface area contributed by atoms with Crippen LogP contribution in [0, 0.1) is 0 Å². The average Bonchev–Trinajstić information content (AvgIpc) is 3.45. The fourth-order valence-electron chi connectivity index (χ4n) is 5.44. The number of likely N-dealkylation sites (tertiary alicyclic amines) is 1. The van der Waals surface area contributed by atoms with E-state index >= 15 is 0 Å². The van der Waals surface area contributed by atoms with Gasteiger partial charge >= 0.3 is 0 Å². The largest absolute Gasteiger partial charge is 0.496 e. The summed E-state index contributed by atoms with van der Waals surface area (Å²) in [6.45, 7) is 1.41. The van der Waals surface area contributed by atoms with Crippen molar-refractivity contribution in [1.29, 1.82) is 0 Å². The van der Waals surface area contributed by atoms with Gasteiger partial charge in [-0.05, 0) is 55.3 Å². The minimum atomic E-state index is -0.156. The molecule has 1 amide bonds. The lowest BCUT2D eigenvalue weighted by molar-refractivity contribution is 0.0667. The summed E-state index contributed by atoms with van der Waals surface area (Å²) < 4.78 is 9.77. The number of anilines is 1. The Hall–Kier alpha value is -3.67. The van der Waals surface area contributed by atoms with E-state index in [4.69, 9.17) is 4.74 Å². The number of hydrogen-bond acceptors (Lipinski definition) is 3. The molecule has 32 heavy (non-hydrogen) atoms. The number of rotatable bonds is 2. The van der Waals surface area contributed by atoms with Crippen molar-refractivity contribution in [2.45, 2.75) is 18.4 Å². The number of nitrogens with one attached hydrogen (secondary N) is 1. The van der Waals surface area contributed by atoms with Crippen molar-refractivity contribution in [3.8, 4) is 11.4 Å². The van der Waals surface area contributed by atoms with Crippen LogP contribution in [0.1, 0.15) is 29.0 Å². The van der Waals surface area contributed by atoms with Crippen molar-refractivity contribution in [2.75, 3.05) is 25.5 Å². The SMILES string of the molecule is COc1cccc2c1cc(C(=O)N1CCC3(CC1)Nc1ccccc1-n1cccc13)n2C. The van der Waals surface area contributed by atoms with Crippen molar-refractivity contribution in [2.24, 2.45) is 7.05 Å². The molecular weight excluding hydrogens is 400 g/mol. The van der Waals surface area contributed by atoms with E-state index in [9.17, 15) is 4.79 Å². The Morgan fingerprint density at radius 2 is 1.84 bits per heavy atom. The minimum absolute atomic E-state index is 0.0761. The highest BCUT2D eigenvalue weighted by Gasteiger charge is 2.42. The molecule has 2 aromatic carbocycles. The van der Waals surface area contributed by atoms with E-state index in [1.54, 1.807) is 7.11 Å². The van der Waals surface area contributed by atoms with Gasteiger partial charge in [-0.2, -0.15) is 0 Å². The van der Waals surface area contributed by atoms with Gasteiger partial charge in [-0.1, -0.05) is 18.2 Å². The molecule has 0 bridgehead atoms. The maximum absolute atomic E-state index is 13.5. The molecule has 0 saturated carbocycles. The van der Waals surface area contributed by atoms with Crippen molar-refractivity contribution < 1.29 is 9.53 Å². The number of amides is 1. The lowest BCUT2D eigenvalue weighted by Crippen LogP contribution is -2.51. The molecular formula is C26H26N4O2. The lowest BCUT2D eigenvalue weighted by Gasteiger charge is -2.46. The van der Waals surface area contributed by atoms with Crippen LogP contribution in [0.25, 0.3) is 16.6 Å². The minimum Gasteiger partial charge on any atom is -0.496 e. The summed E-state index contributed by atoms with van der Waals surface area (Å²) >= 11 is 0. The molecule has 2 aliphatic rings. The van der Waals surface area contributed by atoms with Crippen molar-refractivity contribution >= 4 is 22.5 Å². The molecule has 162 valence electrons. The molecule has 0 unspecified atom stereocenters. The van der Waals surface area contributed by atoms with E-state index in [-0.39, 0.29) is 11.4 Å². The van der Waals surface area contributed by atoms with E-state index in [1.807, 2.05) is 40.8 Å². The Balaban J connectivity index is 1.29. The first-order valence-electron chi connectivity index (χ1n) is 11.1. The smallest absolute Gasteiger partial charge is 0.270 e. The summed E-state index contributed by atoms with van der Waals surface area (Å²) in [6.07, 6.45) is 3.87. The van der Waals surface area contributed by atoms with Gasteiger partial charge in [-0.25, -0.2) is 0 Å². The first-order valence-corrected chi connectivity index (χ1v) is 11.1. The van der Waals surface area contributed by atoms with E-state index in [0.717, 1.165) is 35.2 Å². The first kappa shape index (κ1) is 19.0. The third-order valence-corrected chi connectivity index (χ3v) is 7.17. The summed E-state index contributed by atoms with van der Waals surface area (Å²) in [6, 6.07) is 20.6. The van der Waals surface area contributed by atoms with Crippen LogP contribution in [0.4, 0.5) is 5.69 Å². The number of carbonyl (C=O) groups excluding carboxylic acids is 1. The zero-order chi connectivity index (χ0) is 21.9. The third kappa shape index (κ3) is 2.62. The van der Waals surface area contributed by atoms with Crippen LogP contribution in [0.5, 0.6) is 5.75 Å². The lowest BCUT2D eigenvalue weighted by atomic mass is 9.82. The van der Waals surface area contributed by atoms with E-state index in [0.29, 0.717) is 18.8 Å². The highest BCUT2D eigenvalue weighted by atomic mass is 16.5. The van der Waals surface area contributed by atoms with Crippen LogP contribution < -0.4 is 10.1 Å².